The first-order valence-electron chi connectivity index (χ1n) is 7.29. The summed E-state index contributed by atoms with van der Waals surface area (Å²) in [6.07, 6.45) is 1.27. The molecule has 2 nitrogen and oxygen atoms in total. The van der Waals surface area contributed by atoms with Gasteiger partial charge in [-0.05, 0) is 35.6 Å². The number of carbonyl (C=O) groups excluding carboxylic acids is 2. The Morgan fingerprint density at radius 1 is 0.762 bits per heavy atom. The number of rotatable bonds is 6. The third kappa shape index (κ3) is 3.88. The average molecular weight is 280 g/mol. The van der Waals surface area contributed by atoms with E-state index >= 15 is 0 Å². The van der Waals surface area contributed by atoms with Crippen LogP contribution in [0.25, 0.3) is 0 Å². The summed E-state index contributed by atoms with van der Waals surface area (Å²) in [5.41, 5.74) is 4.07. The number of ketones is 2. The van der Waals surface area contributed by atoms with Crippen molar-refractivity contribution in [3.8, 4) is 0 Å². The van der Waals surface area contributed by atoms with Gasteiger partial charge in [0.05, 0.1) is 0 Å². The lowest BCUT2D eigenvalue weighted by Gasteiger charge is -2.07. The van der Waals surface area contributed by atoms with Gasteiger partial charge in [-0.15, -0.1) is 0 Å². The molecule has 0 aliphatic heterocycles. The van der Waals surface area contributed by atoms with Crippen LogP contribution in [0.3, 0.4) is 0 Å². The van der Waals surface area contributed by atoms with Gasteiger partial charge in [0.15, 0.2) is 0 Å². The van der Waals surface area contributed by atoms with Crippen molar-refractivity contribution in [2.75, 3.05) is 0 Å². The van der Waals surface area contributed by atoms with Crippen molar-refractivity contribution in [2.24, 2.45) is 0 Å². The zero-order valence-corrected chi connectivity index (χ0v) is 12.6. The molecule has 108 valence electrons. The molecule has 0 heterocycles. The van der Waals surface area contributed by atoms with Crippen LogP contribution in [-0.2, 0) is 28.9 Å². The van der Waals surface area contributed by atoms with Gasteiger partial charge >= 0.3 is 0 Å². The van der Waals surface area contributed by atoms with Gasteiger partial charge in [0.1, 0.15) is 0 Å². The summed E-state index contributed by atoms with van der Waals surface area (Å²) < 4.78 is 0. The maximum absolute atomic E-state index is 12.1. The van der Waals surface area contributed by atoms with Crippen LogP contribution in [0.1, 0.15) is 29.2 Å². The van der Waals surface area contributed by atoms with Gasteiger partial charge in [-0.25, -0.2) is 0 Å². The van der Waals surface area contributed by atoms with Gasteiger partial charge in [0.2, 0.25) is 11.6 Å². The number of Topliss-reactive ketones (excluding diaryl/α,β-unsaturated/α-hetero) is 2. The molecule has 0 saturated carbocycles. The predicted molar refractivity (Wildman–Crippen MR) is 84.4 cm³/mol. The highest BCUT2D eigenvalue weighted by Gasteiger charge is 2.16. The van der Waals surface area contributed by atoms with E-state index in [4.69, 9.17) is 0 Å². The molecule has 0 fully saturated rings. The fourth-order valence-electron chi connectivity index (χ4n) is 2.43. The standard InChI is InChI=1S/C19H20O2/c1-3-15-9-6-7-11-17(15)13-19(21)18(20)12-16-10-5-4-8-14(16)2/h4-11H,3,12-13H2,1-2H3. The Labute approximate surface area is 125 Å². The van der Waals surface area contributed by atoms with E-state index in [0.29, 0.717) is 0 Å². The van der Waals surface area contributed by atoms with Gasteiger partial charge in [0, 0.05) is 12.8 Å². The Hall–Kier alpha value is -2.22. The number of aryl methyl sites for hydroxylation is 2. The van der Waals surface area contributed by atoms with E-state index in [9.17, 15) is 9.59 Å². The van der Waals surface area contributed by atoms with E-state index in [1.54, 1.807) is 0 Å². The molecule has 0 aliphatic carbocycles. The fourth-order valence-corrected chi connectivity index (χ4v) is 2.43. The van der Waals surface area contributed by atoms with Crippen molar-refractivity contribution in [1.82, 2.24) is 0 Å². The minimum atomic E-state index is -0.310. The van der Waals surface area contributed by atoms with Crippen molar-refractivity contribution in [1.29, 1.82) is 0 Å². The highest BCUT2D eigenvalue weighted by molar-refractivity contribution is 6.38. The SMILES string of the molecule is CCc1ccccc1CC(=O)C(=O)Cc1ccccc1C. The highest BCUT2D eigenvalue weighted by atomic mass is 16.2. The molecule has 0 aromatic heterocycles. The molecule has 2 heteroatoms. The Balaban J connectivity index is 2.07. The molecule has 0 amide bonds. The summed E-state index contributed by atoms with van der Waals surface area (Å²) in [6, 6.07) is 15.5. The van der Waals surface area contributed by atoms with Crippen LogP contribution in [-0.4, -0.2) is 11.6 Å². The quantitative estimate of drug-likeness (QED) is 0.759. The monoisotopic (exact) mass is 280 g/mol. The van der Waals surface area contributed by atoms with E-state index in [1.165, 1.54) is 0 Å². The van der Waals surface area contributed by atoms with Crippen molar-refractivity contribution in [2.45, 2.75) is 33.1 Å². The molecule has 0 atom stereocenters. The topological polar surface area (TPSA) is 34.1 Å². The third-order valence-electron chi connectivity index (χ3n) is 3.77. The van der Waals surface area contributed by atoms with Gasteiger partial charge < -0.3 is 0 Å². The Bertz CT molecular complexity index is 656. The lowest BCUT2D eigenvalue weighted by Crippen LogP contribution is -2.19. The molecule has 0 radical (unpaired) electrons. The van der Waals surface area contributed by atoms with Gasteiger partial charge in [-0.2, -0.15) is 0 Å². The number of hydrogen-bond donors (Lipinski definition) is 0. The molecule has 0 saturated heterocycles. The third-order valence-corrected chi connectivity index (χ3v) is 3.77. The van der Waals surface area contributed by atoms with Crippen LogP contribution in [0.5, 0.6) is 0 Å². The van der Waals surface area contributed by atoms with Crippen molar-refractivity contribution in [3.63, 3.8) is 0 Å². The number of carbonyl (C=O) groups is 2. The van der Waals surface area contributed by atoms with Crippen molar-refractivity contribution >= 4 is 11.6 Å². The van der Waals surface area contributed by atoms with E-state index in [0.717, 1.165) is 28.7 Å². The predicted octanol–water partition coefficient (Wildman–Crippen LogP) is 3.48. The molecule has 0 N–H and O–H groups in total. The molecule has 2 rings (SSSR count). The summed E-state index contributed by atoms with van der Waals surface area (Å²) >= 11 is 0. The van der Waals surface area contributed by atoms with E-state index in [1.807, 2.05) is 55.5 Å². The van der Waals surface area contributed by atoms with Gasteiger partial charge in [-0.3, -0.25) is 9.59 Å². The Morgan fingerprint density at radius 2 is 1.24 bits per heavy atom. The lowest BCUT2D eigenvalue weighted by molar-refractivity contribution is -0.135. The fraction of sp³-hybridized carbons (Fsp3) is 0.263. The van der Waals surface area contributed by atoms with Gasteiger partial charge in [0.25, 0.3) is 0 Å². The average Bonchev–Trinajstić information content (AvgIpc) is 2.50. The summed E-state index contributed by atoms with van der Waals surface area (Å²) in [4.78, 5) is 24.3. The van der Waals surface area contributed by atoms with Crippen LogP contribution < -0.4 is 0 Å². The zero-order valence-electron chi connectivity index (χ0n) is 12.6. The lowest BCUT2D eigenvalue weighted by atomic mass is 9.96. The van der Waals surface area contributed by atoms with E-state index in [2.05, 4.69) is 6.92 Å². The minimum absolute atomic E-state index is 0.194. The minimum Gasteiger partial charge on any atom is -0.291 e. The summed E-state index contributed by atoms with van der Waals surface area (Å²) in [6.45, 7) is 4.01. The van der Waals surface area contributed by atoms with Crippen LogP contribution in [0.4, 0.5) is 0 Å². The van der Waals surface area contributed by atoms with E-state index in [-0.39, 0.29) is 24.4 Å². The zero-order chi connectivity index (χ0) is 15.2. The first-order valence-corrected chi connectivity index (χ1v) is 7.29. The molecule has 0 unspecified atom stereocenters. The molecule has 21 heavy (non-hydrogen) atoms. The molecule has 0 bridgehead atoms. The van der Waals surface area contributed by atoms with Crippen LogP contribution in [0, 0.1) is 6.92 Å². The second-order valence-corrected chi connectivity index (χ2v) is 5.25. The normalized spacial score (nSPS) is 10.4. The van der Waals surface area contributed by atoms with Crippen LogP contribution >= 0.6 is 0 Å². The largest absolute Gasteiger partial charge is 0.291 e. The second kappa shape index (κ2) is 6.98. The van der Waals surface area contributed by atoms with Gasteiger partial charge in [-0.1, -0.05) is 55.5 Å². The molecule has 0 spiro atoms. The summed E-state index contributed by atoms with van der Waals surface area (Å²) in [5, 5.41) is 0. The molecule has 2 aromatic rings. The van der Waals surface area contributed by atoms with Crippen molar-refractivity contribution in [3.05, 3.63) is 70.8 Å². The smallest absolute Gasteiger partial charge is 0.203 e. The van der Waals surface area contributed by atoms with Crippen LogP contribution in [0.2, 0.25) is 0 Å². The first-order chi connectivity index (χ1) is 10.1. The number of hydrogen-bond acceptors (Lipinski definition) is 2. The first kappa shape index (κ1) is 15.2. The maximum Gasteiger partial charge on any atom is 0.203 e. The van der Waals surface area contributed by atoms with Crippen LogP contribution in [0.15, 0.2) is 48.5 Å². The Morgan fingerprint density at radius 3 is 1.81 bits per heavy atom. The summed E-state index contributed by atoms with van der Waals surface area (Å²) in [7, 11) is 0. The summed E-state index contributed by atoms with van der Waals surface area (Å²) in [5.74, 6) is -0.616. The molecular formula is C19H20O2. The molecule has 0 aliphatic rings. The van der Waals surface area contributed by atoms with Crippen molar-refractivity contribution < 1.29 is 9.59 Å². The molecule has 2 aromatic carbocycles. The highest BCUT2D eigenvalue weighted by Crippen LogP contribution is 2.12. The second-order valence-electron chi connectivity index (χ2n) is 5.25. The Kier molecular flexibility index (Phi) is 5.04. The molecular weight excluding hydrogens is 260 g/mol. The maximum atomic E-state index is 12.1. The number of benzene rings is 2. The van der Waals surface area contributed by atoms with E-state index < -0.39 is 0 Å².